The number of hydrogen-bond acceptors (Lipinski definition) is 3. The standard InChI is InChI=1S/C14H13NOS/c1-10(16)17-14-8-12(7-13(15)9-14)11-5-3-2-4-6-11/h2-9H,15H2,1H3. The summed E-state index contributed by atoms with van der Waals surface area (Å²) in [6, 6.07) is 15.7. The van der Waals surface area contributed by atoms with Gasteiger partial charge >= 0.3 is 0 Å². The molecule has 0 saturated heterocycles. The Balaban J connectivity index is 2.42. The average Bonchev–Trinajstić information content (AvgIpc) is 2.28. The van der Waals surface area contributed by atoms with Gasteiger partial charge in [-0.3, -0.25) is 4.79 Å². The Morgan fingerprint density at radius 2 is 1.76 bits per heavy atom. The Bertz CT molecular complexity index is 537. The number of nitrogen functional groups attached to an aromatic ring is 1. The van der Waals surface area contributed by atoms with E-state index < -0.39 is 0 Å². The molecule has 3 heteroatoms. The summed E-state index contributed by atoms with van der Waals surface area (Å²) in [4.78, 5) is 12.0. The zero-order chi connectivity index (χ0) is 12.3. The van der Waals surface area contributed by atoms with E-state index in [4.69, 9.17) is 5.73 Å². The number of nitrogens with two attached hydrogens (primary N) is 1. The lowest BCUT2D eigenvalue weighted by Gasteiger charge is -2.06. The molecule has 0 radical (unpaired) electrons. The third kappa shape index (κ3) is 3.11. The van der Waals surface area contributed by atoms with Crippen molar-refractivity contribution in [1.29, 1.82) is 0 Å². The van der Waals surface area contributed by atoms with Gasteiger partial charge in [-0.2, -0.15) is 0 Å². The third-order valence-corrected chi connectivity index (χ3v) is 3.06. The molecule has 0 bridgehead atoms. The van der Waals surface area contributed by atoms with Gasteiger partial charge in [-0.25, -0.2) is 0 Å². The second-order valence-electron chi connectivity index (χ2n) is 3.75. The summed E-state index contributed by atoms with van der Waals surface area (Å²) >= 11 is 1.20. The van der Waals surface area contributed by atoms with Gasteiger partial charge in [0.05, 0.1) is 0 Å². The third-order valence-electron chi connectivity index (χ3n) is 2.30. The Labute approximate surface area is 105 Å². The SMILES string of the molecule is CC(=O)Sc1cc(N)cc(-c2ccccc2)c1. The van der Waals surface area contributed by atoms with E-state index in [9.17, 15) is 4.79 Å². The quantitative estimate of drug-likeness (QED) is 0.647. The molecular weight excluding hydrogens is 230 g/mol. The minimum absolute atomic E-state index is 0.0645. The Morgan fingerprint density at radius 1 is 1.06 bits per heavy atom. The summed E-state index contributed by atoms with van der Waals surface area (Å²) in [6.45, 7) is 1.55. The highest BCUT2D eigenvalue weighted by Crippen LogP contribution is 2.28. The maximum atomic E-state index is 11.1. The van der Waals surface area contributed by atoms with Crippen molar-refractivity contribution in [2.75, 3.05) is 5.73 Å². The number of thioether (sulfide) groups is 1. The average molecular weight is 243 g/mol. The lowest BCUT2D eigenvalue weighted by molar-refractivity contribution is -0.109. The molecule has 2 rings (SSSR count). The van der Waals surface area contributed by atoms with Crippen molar-refractivity contribution < 1.29 is 4.79 Å². The van der Waals surface area contributed by atoms with Gasteiger partial charge in [-0.1, -0.05) is 42.1 Å². The summed E-state index contributed by atoms with van der Waals surface area (Å²) in [5.74, 6) is 0. The van der Waals surface area contributed by atoms with Gasteiger partial charge in [0.1, 0.15) is 0 Å². The van der Waals surface area contributed by atoms with Gasteiger partial charge in [0.25, 0.3) is 0 Å². The van der Waals surface area contributed by atoms with Crippen LogP contribution in [-0.4, -0.2) is 5.12 Å². The minimum Gasteiger partial charge on any atom is -0.399 e. The summed E-state index contributed by atoms with van der Waals surface area (Å²) in [5.41, 5.74) is 8.66. The first-order valence-corrected chi connectivity index (χ1v) is 6.11. The molecule has 2 aromatic carbocycles. The first-order chi connectivity index (χ1) is 8.15. The molecular formula is C14H13NOS. The van der Waals surface area contributed by atoms with Gasteiger partial charge in [-0.05, 0) is 29.3 Å². The van der Waals surface area contributed by atoms with Gasteiger partial charge < -0.3 is 5.73 Å². The largest absolute Gasteiger partial charge is 0.399 e. The molecule has 0 atom stereocenters. The summed E-state index contributed by atoms with van der Waals surface area (Å²) in [5, 5.41) is 0.0645. The van der Waals surface area contributed by atoms with Crippen molar-refractivity contribution in [2.24, 2.45) is 0 Å². The van der Waals surface area contributed by atoms with Crippen molar-refractivity contribution >= 4 is 22.6 Å². The fourth-order valence-corrected chi connectivity index (χ4v) is 2.36. The second kappa shape index (κ2) is 5.06. The number of benzene rings is 2. The Kier molecular flexibility index (Phi) is 3.49. The molecule has 0 aromatic heterocycles. The number of carbonyl (C=O) groups excluding carboxylic acids is 1. The number of carbonyl (C=O) groups is 1. The predicted molar refractivity (Wildman–Crippen MR) is 72.8 cm³/mol. The van der Waals surface area contributed by atoms with Gasteiger partial charge in [0, 0.05) is 17.5 Å². The molecule has 2 aromatic rings. The van der Waals surface area contributed by atoms with Crippen molar-refractivity contribution in [3.05, 3.63) is 48.5 Å². The van der Waals surface area contributed by atoms with Crippen LogP contribution in [0.15, 0.2) is 53.4 Å². The van der Waals surface area contributed by atoms with Crippen molar-refractivity contribution in [2.45, 2.75) is 11.8 Å². The van der Waals surface area contributed by atoms with Crippen LogP contribution in [0.25, 0.3) is 11.1 Å². The van der Waals surface area contributed by atoms with E-state index in [2.05, 4.69) is 0 Å². The second-order valence-corrected chi connectivity index (χ2v) is 5.00. The van der Waals surface area contributed by atoms with Crippen LogP contribution in [0.1, 0.15) is 6.92 Å². The first-order valence-electron chi connectivity index (χ1n) is 5.29. The summed E-state index contributed by atoms with van der Waals surface area (Å²) in [7, 11) is 0. The molecule has 2 nitrogen and oxygen atoms in total. The lowest BCUT2D eigenvalue weighted by atomic mass is 10.1. The summed E-state index contributed by atoms with van der Waals surface area (Å²) in [6.07, 6.45) is 0. The van der Waals surface area contributed by atoms with Crippen LogP contribution < -0.4 is 5.73 Å². The maximum absolute atomic E-state index is 11.1. The molecule has 2 N–H and O–H groups in total. The molecule has 0 fully saturated rings. The zero-order valence-electron chi connectivity index (χ0n) is 9.51. The number of hydrogen-bond donors (Lipinski definition) is 1. The normalized spacial score (nSPS) is 10.2. The molecule has 0 heterocycles. The van der Waals surface area contributed by atoms with E-state index in [0.717, 1.165) is 16.0 Å². The van der Waals surface area contributed by atoms with Crippen LogP contribution in [-0.2, 0) is 4.79 Å². The van der Waals surface area contributed by atoms with Gasteiger partial charge in [0.15, 0.2) is 5.12 Å². The highest BCUT2D eigenvalue weighted by Gasteiger charge is 2.04. The van der Waals surface area contributed by atoms with Gasteiger partial charge in [-0.15, -0.1) is 0 Å². The Hall–Kier alpha value is -1.74. The van der Waals surface area contributed by atoms with E-state index in [0.29, 0.717) is 5.69 Å². The van der Waals surface area contributed by atoms with Crippen molar-refractivity contribution in [1.82, 2.24) is 0 Å². The van der Waals surface area contributed by atoms with E-state index in [1.807, 2.05) is 48.5 Å². The molecule has 0 amide bonds. The number of anilines is 1. The minimum atomic E-state index is 0.0645. The van der Waals surface area contributed by atoms with Crippen LogP contribution in [0.3, 0.4) is 0 Å². The Morgan fingerprint density at radius 3 is 2.41 bits per heavy atom. The van der Waals surface area contributed by atoms with E-state index in [1.54, 1.807) is 6.92 Å². The van der Waals surface area contributed by atoms with Crippen LogP contribution in [0.5, 0.6) is 0 Å². The molecule has 0 aliphatic heterocycles. The molecule has 0 unspecified atom stereocenters. The zero-order valence-corrected chi connectivity index (χ0v) is 10.3. The van der Waals surface area contributed by atoms with Crippen molar-refractivity contribution in [3.8, 4) is 11.1 Å². The highest BCUT2D eigenvalue weighted by molar-refractivity contribution is 8.13. The summed E-state index contributed by atoms with van der Waals surface area (Å²) < 4.78 is 0. The molecule has 86 valence electrons. The molecule has 0 saturated carbocycles. The topological polar surface area (TPSA) is 43.1 Å². The van der Waals surface area contributed by atoms with Gasteiger partial charge in [0.2, 0.25) is 0 Å². The van der Waals surface area contributed by atoms with E-state index in [-0.39, 0.29) is 5.12 Å². The fraction of sp³-hybridized carbons (Fsp3) is 0.0714. The van der Waals surface area contributed by atoms with E-state index >= 15 is 0 Å². The molecule has 17 heavy (non-hydrogen) atoms. The van der Waals surface area contributed by atoms with Crippen LogP contribution in [0.4, 0.5) is 5.69 Å². The molecule has 0 spiro atoms. The fourth-order valence-electron chi connectivity index (χ4n) is 1.64. The first kappa shape index (κ1) is 11.7. The monoisotopic (exact) mass is 243 g/mol. The molecule has 0 aliphatic rings. The van der Waals surface area contributed by atoms with Crippen LogP contribution >= 0.6 is 11.8 Å². The highest BCUT2D eigenvalue weighted by atomic mass is 32.2. The number of rotatable bonds is 2. The maximum Gasteiger partial charge on any atom is 0.190 e. The van der Waals surface area contributed by atoms with Crippen LogP contribution in [0.2, 0.25) is 0 Å². The van der Waals surface area contributed by atoms with Crippen molar-refractivity contribution in [3.63, 3.8) is 0 Å². The predicted octanol–water partition coefficient (Wildman–Crippen LogP) is 3.57. The van der Waals surface area contributed by atoms with E-state index in [1.165, 1.54) is 11.8 Å². The molecule has 0 aliphatic carbocycles. The van der Waals surface area contributed by atoms with Crippen LogP contribution in [0, 0.1) is 0 Å². The smallest absolute Gasteiger partial charge is 0.190 e. The lowest BCUT2D eigenvalue weighted by Crippen LogP contribution is -1.89.